The second-order valence-corrected chi connectivity index (χ2v) is 11.4. The molecule has 1 aliphatic carbocycles. The van der Waals surface area contributed by atoms with Gasteiger partial charge in [0.1, 0.15) is 17.6 Å². The van der Waals surface area contributed by atoms with Crippen molar-refractivity contribution in [2.45, 2.75) is 94.7 Å². The third kappa shape index (κ3) is 5.58. The van der Waals surface area contributed by atoms with Gasteiger partial charge < -0.3 is 20.6 Å². The minimum atomic E-state index is -4.62. The Bertz CT molecular complexity index is 1240. The molecule has 0 unspecified atom stereocenters. The van der Waals surface area contributed by atoms with E-state index >= 15 is 0 Å². The standard InChI is InChI=1S/C25H28F5N5O3S/c1-11(25(28,29)30)32-18-9-16(21(26)27)17(10-31-18)20-19(24(38)35-13-3-4-14(35)6-5-13)34-23(39-20)22(37)33-12-2-7-15(36)8-12/h9-15,21,36H,2-8H2,1H3,(H,31,32)(H,33,37)/t11-,12+,13?,14?,15+/m0/s1. The Hall–Kier alpha value is -2.87. The van der Waals surface area contributed by atoms with Crippen molar-refractivity contribution in [2.75, 3.05) is 5.32 Å². The van der Waals surface area contributed by atoms with Crippen molar-refractivity contribution in [1.29, 1.82) is 0 Å². The van der Waals surface area contributed by atoms with Crippen LogP contribution in [0.3, 0.4) is 0 Å². The summed E-state index contributed by atoms with van der Waals surface area (Å²) in [7, 11) is 0. The molecule has 4 heterocycles. The molecule has 3 aliphatic rings. The molecule has 3 fully saturated rings. The number of rotatable bonds is 7. The van der Waals surface area contributed by atoms with Gasteiger partial charge in [-0.25, -0.2) is 18.7 Å². The third-order valence-electron chi connectivity index (χ3n) is 7.72. The summed E-state index contributed by atoms with van der Waals surface area (Å²) in [5, 5.41) is 14.5. The number of aliphatic hydroxyl groups is 1. The molecular weight excluding hydrogens is 545 g/mol. The number of halogens is 5. The molecular formula is C25H28F5N5O3S. The minimum absolute atomic E-state index is 0.0115. The number of thiazole rings is 1. The molecule has 2 aromatic rings. The fraction of sp³-hybridized carbons (Fsp3) is 0.600. The van der Waals surface area contributed by atoms with E-state index in [-0.39, 0.29) is 39.3 Å². The number of aliphatic hydroxyl groups excluding tert-OH is 1. The van der Waals surface area contributed by atoms with Crippen molar-refractivity contribution in [3.8, 4) is 10.4 Å². The van der Waals surface area contributed by atoms with Crippen LogP contribution in [-0.4, -0.2) is 68.2 Å². The fourth-order valence-corrected chi connectivity index (χ4v) is 6.66. The number of hydrogen-bond donors (Lipinski definition) is 3. The first-order chi connectivity index (χ1) is 18.4. The number of anilines is 1. The van der Waals surface area contributed by atoms with Crippen LogP contribution < -0.4 is 10.6 Å². The van der Waals surface area contributed by atoms with Gasteiger partial charge in [-0.2, -0.15) is 13.2 Å². The smallest absolute Gasteiger partial charge is 0.393 e. The van der Waals surface area contributed by atoms with E-state index in [0.717, 1.165) is 56.2 Å². The number of hydrogen-bond acceptors (Lipinski definition) is 7. The van der Waals surface area contributed by atoms with Crippen LogP contribution in [-0.2, 0) is 0 Å². The Kier molecular flexibility index (Phi) is 7.53. The first-order valence-electron chi connectivity index (χ1n) is 12.9. The number of amides is 2. The first kappa shape index (κ1) is 27.7. The zero-order valence-corrected chi connectivity index (χ0v) is 21.8. The summed E-state index contributed by atoms with van der Waals surface area (Å²) < 4.78 is 67.4. The maximum atomic E-state index is 14.2. The minimum Gasteiger partial charge on any atom is -0.393 e. The van der Waals surface area contributed by atoms with Gasteiger partial charge in [0.25, 0.3) is 18.2 Å². The van der Waals surface area contributed by atoms with E-state index < -0.39 is 47.9 Å². The fourth-order valence-electron chi connectivity index (χ4n) is 5.67. The lowest BCUT2D eigenvalue weighted by Gasteiger charge is -2.22. The van der Waals surface area contributed by atoms with E-state index in [2.05, 4.69) is 20.6 Å². The van der Waals surface area contributed by atoms with E-state index in [0.29, 0.717) is 19.3 Å². The molecule has 0 spiro atoms. The first-order valence-corrected chi connectivity index (χ1v) is 13.7. The van der Waals surface area contributed by atoms with Crippen molar-refractivity contribution in [2.24, 2.45) is 0 Å². The second kappa shape index (κ2) is 10.6. The molecule has 0 radical (unpaired) electrons. The topological polar surface area (TPSA) is 107 Å². The number of nitrogens with zero attached hydrogens (tertiary/aromatic N) is 3. The van der Waals surface area contributed by atoms with Crippen molar-refractivity contribution in [3.05, 3.63) is 28.5 Å². The van der Waals surface area contributed by atoms with E-state index in [1.165, 1.54) is 0 Å². The maximum absolute atomic E-state index is 14.2. The Morgan fingerprint density at radius 2 is 1.79 bits per heavy atom. The van der Waals surface area contributed by atoms with Crippen LogP contribution in [0.15, 0.2) is 12.3 Å². The van der Waals surface area contributed by atoms with Gasteiger partial charge in [0.15, 0.2) is 5.01 Å². The Morgan fingerprint density at radius 1 is 1.13 bits per heavy atom. The highest BCUT2D eigenvalue weighted by Crippen LogP contribution is 2.42. The van der Waals surface area contributed by atoms with Gasteiger partial charge in [0, 0.05) is 35.4 Å². The van der Waals surface area contributed by atoms with Crippen molar-refractivity contribution in [3.63, 3.8) is 0 Å². The molecule has 14 heteroatoms. The monoisotopic (exact) mass is 573 g/mol. The largest absolute Gasteiger partial charge is 0.408 e. The third-order valence-corrected chi connectivity index (χ3v) is 8.81. The number of fused-ring (bicyclic) bond motifs is 2. The lowest BCUT2D eigenvalue weighted by molar-refractivity contribution is -0.138. The number of carbonyl (C=O) groups excluding carboxylic acids is 2. The average molecular weight is 574 g/mol. The summed E-state index contributed by atoms with van der Waals surface area (Å²) in [6.07, 6.45) is -2.47. The van der Waals surface area contributed by atoms with E-state index in [1.54, 1.807) is 4.90 Å². The Morgan fingerprint density at radius 3 is 2.36 bits per heavy atom. The number of pyridine rings is 1. The lowest BCUT2D eigenvalue weighted by atomic mass is 10.0. The molecule has 8 nitrogen and oxygen atoms in total. The SMILES string of the molecule is C[C@H](Nc1cc(C(F)F)c(-c2sc(C(=O)N[C@@H]3CC[C@@H](O)C3)nc2C(=O)N2C3CCC2CC3)cn1)C(F)(F)F. The number of carbonyl (C=O) groups is 2. The molecule has 2 aromatic heterocycles. The van der Waals surface area contributed by atoms with Crippen LogP contribution in [0.1, 0.15) is 84.1 Å². The van der Waals surface area contributed by atoms with Crippen molar-refractivity contribution >= 4 is 29.0 Å². The maximum Gasteiger partial charge on any atom is 0.408 e. The molecule has 3 atom stereocenters. The van der Waals surface area contributed by atoms with Gasteiger partial charge in [-0.15, -0.1) is 11.3 Å². The number of nitrogens with one attached hydrogen (secondary N) is 2. The van der Waals surface area contributed by atoms with Crippen LogP contribution in [0.5, 0.6) is 0 Å². The molecule has 0 aromatic carbocycles. The van der Waals surface area contributed by atoms with Crippen LogP contribution in [0.25, 0.3) is 10.4 Å². The van der Waals surface area contributed by atoms with Gasteiger partial charge in [0.2, 0.25) is 0 Å². The molecule has 2 amide bonds. The lowest BCUT2D eigenvalue weighted by Crippen LogP contribution is -2.36. The molecule has 2 aliphatic heterocycles. The van der Waals surface area contributed by atoms with Crippen molar-refractivity contribution in [1.82, 2.24) is 20.2 Å². The molecule has 39 heavy (non-hydrogen) atoms. The summed E-state index contributed by atoms with van der Waals surface area (Å²) in [6, 6.07) is -1.46. The normalized spacial score (nSPS) is 25.4. The second-order valence-electron chi connectivity index (χ2n) is 10.4. The van der Waals surface area contributed by atoms with Crippen LogP contribution >= 0.6 is 11.3 Å². The number of aromatic nitrogens is 2. The van der Waals surface area contributed by atoms with E-state index in [9.17, 15) is 36.6 Å². The highest BCUT2D eigenvalue weighted by atomic mass is 32.1. The summed E-state index contributed by atoms with van der Waals surface area (Å²) in [4.78, 5) is 36.7. The van der Waals surface area contributed by atoms with E-state index in [1.807, 2.05) is 0 Å². The Labute approximate surface area is 225 Å². The van der Waals surface area contributed by atoms with Gasteiger partial charge in [-0.3, -0.25) is 9.59 Å². The molecule has 2 bridgehead atoms. The molecule has 2 saturated heterocycles. The zero-order chi connectivity index (χ0) is 28.1. The van der Waals surface area contributed by atoms with Gasteiger partial charge in [0.05, 0.1) is 11.0 Å². The quantitative estimate of drug-likeness (QED) is 0.406. The van der Waals surface area contributed by atoms with E-state index in [4.69, 9.17) is 0 Å². The highest BCUT2D eigenvalue weighted by molar-refractivity contribution is 7.17. The number of alkyl halides is 5. The Balaban J connectivity index is 1.52. The molecule has 212 valence electrons. The predicted molar refractivity (Wildman–Crippen MR) is 133 cm³/mol. The summed E-state index contributed by atoms with van der Waals surface area (Å²) in [6.45, 7) is 0.843. The van der Waals surface area contributed by atoms with Crippen LogP contribution in [0.4, 0.5) is 27.8 Å². The summed E-state index contributed by atoms with van der Waals surface area (Å²) >= 11 is 0.764. The van der Waals surface area contributed by atoms with Crippen molar-refractivity contribution < 1.29 is 36.6 Å². The summed E-state index contributed by atoms with van der Waals surface area (Å²) in [5.74, 6) is -1.45. The molecule has 1 saturated carbocycles. The van der Waals surface area contributed by atoms with Crippen LogP contribution in [0.2, 0.25) is 0 Å². The van der Waals surface area contributed by atoms with Gasteiger partial charge in [-0.05, 0) is 57.9 Å². The van der Waals surface area contributed by atoms with Crippen LogP contribution in [0, 0.1) is 0 Å². The molecule has 5 rings (SSSR count). The predicted octanol–water partition coefficient (Wildman–Crippen LogP) is 4.92. The average Bonchev–Trinajstić information content (AvgIpc) is 3.67. The van der Waals surface area contributed by atoms with Gasteiger partial charge in [-0.1, -0.05) is 0 Å². The summed E-state index contributed by atoms with van der Waals surface area (Å²) in [5.41, 5.74) is -0.948. The highest BCUT2D eigenvalue weighted by Gasteiger charge is 2.44. The van der Waals surface area contributed by atoms with Gasteiger partial charge >= 0.3 is 6.18 Å². The molecule has 3 N–H and O–H groups in total. The zero-order valence-electron chi connectivity index (χ0n) is 21.0.